The van der Waals surface area contributed by atoms with Crippen LogP contribution in [0.4, 0.5) is 5.82 Å². The Morgan fingerprint density at radius 3 is 2.75 bits per heavy atom. The molecule has 2 rings (SSSR count). The SMILES string of the molecule is COC(C)C(C)n1cnc2c(N)ncnc21. The summed E-state index contributed by atoms with van der Waals surface area (Å²) in [4.78, 5) is 12.3. The van der Waals surface area contributed by atoms with Crippen LogP contribution in [0.5, 0.6) is 0 Å². The van der Waals surface area contributed by atoms with Gasteiger partial charge in [-0.15, -0.1) is 0 Å². The number of nitrogens with zero attached hydrogens (tertiary/aromatic N) is 4. The Labute approximate surface area is 93.5 Å². The highest BCUT2D eigenvalue weighted by Crippen LogP contribution is 2.21. The number of imidazole rings is 1. The second-order valence-electron chi connectivity index (χ2n) is 3.76. The highest BCUT2D eigenvalue weighted by atomic mass is 16.5. The van der Waals surface area contributed by atoms with E-state index in [0.717, 1.165) is 5.65 Å². The average molecular weight is 221 g/mol. The molecule has 0 radical (unpaired) electrons. The molecule has 2 N–H and O–H groups in total. The van der Waals surface area contributed by atoms with Crippen molar-refractivity contribution in [3.8, 4) is 0 Å². The van der Waals surface area contributed by atoms with Gasteiger partial charge in [0.05, 0.1) is 18.5 Å². The van der Waals surface area contributed by atoms with E-state index in [2.05, 4.69) is 15.0 Å². The van der Waals surface area contributed by atoms with Crippen LogP contribution in [0.25, 0.3) is 11.2 Å². The molecule has 2 atom stereocenters. The fourth-order valence-corrected chi connectivity index (χ4v) is 1.59. The highest BCUT2D eigenvalue weighted by Gasteiger charge is 2.17. The van der Waals surface area contributed by atoms with Crippen LogP contribution in [0.1, 0.15) is 19.9 Å². The summed E-state index contributed by atoms with van der Waals surface area (Å²) in [6.45, 7) is 4.05. The Morgan fingerprint density at radius 2 is 2.06 bits per heavy atom. The third kappa shape index (κ3) is 1.61. The first-order valence-electron chi connectivity index (χ1n) is 5.11. The molecule has 2 aromatic heterocycles. The number of fused-ring (bicyclic) bond motifs is 1. The van der Waals surface area contributed by atoms with E-state index in [1.807, 2.05) is 18.4 Å². The molecule has 0 aliphatic heterocycles. The molecule has 0 saturated heterocycles. The highest BCUT2D eigenvalue weighted by molar-refractivity contribution is 5.81. The zero-order valence-corrected chi connectivity index (χ0v) is 9.58. The molecule has 6 nitrogen and oxygen atoms in total. The standard InChI is InChI=1S/C10H15N5O/c1-6(7(2)16-3)15-5-14-8-9(11)12-4-13-10(8)15/h4-7H,1-3H3,(H2,11,12,13). The molecule has 2 aromatic rings. The van der Waals surface area contributed by atoms with E-state index in [0.29, 0.717) is 11.3 Å². The van der Waals surface area contributed by atoms with Gasteiger partial charge >= 0.3 is 0 Å². The van der Waals surface area contributed by atoms with Gasteiger partial charge in [0, 0.05) is 7.11 Å². The summed E-state index contributed by atoms with van der Waals surface area (Å²) in [5.74, 6) is 0.404. The predicted molar refractivity (Wildman–Crippen MR) is 60.9 cm³/mol. The van der Waals surface area contributed by atoms with Crippen LogP contribution in [0.15, 0.2) is 12.7 Å². The Kier molecular flexibility index (Phi) is 2.74. The maximum Gasteiger partial charge on any atom is 0.165 e. The zero-order chi connectivity index (χ0) is 11.7. The number of hydrogen-bond acceptors (Lipinski definition) is 5. The minimum absolute atomic E-state index is 0.0774. The molecule has 0 amide bonds. The number of nitrogen functional groups attached to an aromatic ring is 1. The minimum atomic E-state index is 0.0774. The quantitative estimate of drug-likeness (QED) is 0.836. The third-order valence-corrected chi connectivity index (χ3v) is 2.88. The molecule has 16 heavy (non-hydrogen) atoms. The van der Waals surface area contributed by atoms with Crippen molar-refractivity contribution >= 4 is 17.0 Å². The lowest BCUT2D eigenvalue weighted by Gasteiger charge is -2.19. The summed E-state index contributed by atoms with van der Waals surface area (Å²) in [6, 6.07) is 0.143. The van der Waals surface area contributed by atoms with E-state index >= 15 is 0 Å². The maximum absolute atomic E-state index is 5.72. The molecule has 6 heteroatoms. The molecule has 0 bridgehead atoms. The van der Waals surface area contributed by atoms with E-state index in [1.165, 1.54) is 6.33 Å². The molecule has 2 unspecified atom stereocenters. The summed E-state index contributed by atoms with van der Waals surface area (Å²) in [5.41, 5.74) is 7.10. The topological polar surface area (TPSA) is 78.9 Å². The molecule has 0 aliphatic rings. The number of methoxy groups -OCH3 is 1. The second kappa shape index (κ2) is 4.05. The monoisotopic (exact) mass is 221 g/mol. The Morgan fingerprint density at radius 1 is 1.31 bits per heavy atom. The predicted octanol–water partition coefficient (Wildman–Crippen LogP) is 1.00. The van der Waals surface area contributed by atoms with Gasteiger partial charge in [0.25, 0.3) is 0 Å². The largest absolute Gasteiger partial charge is 0.382 e. The molecule has 0 spiro atoms. The van der Waals surface area contributed by atoms with Crippen molar-refractivity contribution in [3.05, 3.63) is 12.7 Å². The van der Waals surface area contributed by atoms with E-state index < -0.39 is 0 Å². The van der Waals surface area contributed by atoms with Crippen molar-refractivity contribution in [3.63, 3.8) is 0 Å². The van der Waals surface area contributed by atoms with E-state index in [4.69, 9.17) is 10.5 Å². The number of hydrogen-bond donors (Lipinski definition) is 1. The Bertz CT molecular complexity index is 495. The Hall–Kier alpha value is -1.69. The molecular formula is C10H15N5O. The number of nitrogens with two attached hydrogens (primary N) is 1. The maximum atomic E-state index is 5.72. The first-order valence-corrected chi connectivity index (χ1v) is 5.11. The fourth-order valence-electron chi connectivity index (χ4n) is 1.59. The van der Waals surface area contributed by atoms with Crippen LogP contribution in [-0.2, 0) is 4.74 Å². The van der Waals surface area contributed by atoms with Gasteiger partial charge in [-0.1, -0.05) is 0 Å². The lowest BCUT2D eigenvalue weighted by Crippen LogP contribution is -2.20. The van der Waals surface area contributed by atoms with Crippen molar-refractivity contribution in [2.45, 2.75) is 26.0 Å². The van der Waals surface area contributed by atoms with Gasteiger partial charge in [0.1, 0.15) is 11.8 Å². The average Bonchev–Trinajstić information content (AvgIpc) is 2.72. The van der Waals surface area contributed by atoms with Crippen LogP contribution >= 0.6 is 0 Å². The third-order valence-electron chi connectivity index (χ3n) is 2.88. The summed E-state index contributed by atoms with van der Waals surface area (Å²) in [7, 11) is 1.68. The van der Waals surface area contributed by atoms with E-state index in [1.54, 1.807) is 13.4 Å². The van der Waals surface area contributed by atoms with Crippen molar-refractivity contribution in [2.24, 2.45) is 0 Å². The molecular weight excluding hydrogens is 206 g/mol. The van der Waals surface area contributed by atoms with Gasteiger partial charge in [-0.3, -0.25) is 0 Å². The Balaban J connectivity index is 2.50. The van der Waals surface area contributed by atoms with Crippen LogP contribution < -0.4 is 5.73 Å². The molecule has 0 fully saturated rings. The molecule has 0 aliphatic carbocycles. The lowest BCUT2D eigenvalue weighted by atomic mass is 10.2. The first-order chi connectivity index (χ1) is 7.65. The summed E-state index contributed by atoms with van der Waals surface area (Å²) in [6.07, 6.45) is 3.24. The van der Waals surface area contributed by atoms with Gasteiger partial charge in [0.2, 0.25) is 0 Å². The fraction of sp³-hybridized carbons (Fsp3) is 0.500. The number of rotatable bonds is 3. The second-order valence-corrected chi connectivity index (χ2v) is 3.76. The van der Waals surface area contributed by atoms with Crippen LogP contribution in [0, 0.1) is 0 Å². The van der Waals surface area contributed by atoms with Crippen molar-refractivity contribution in [2.75, 3.05) is 12.8 Å². The lowest BCUT2D eigenvalue weighted by molar-refractivity contribution is 0.0788. The van der Waals surface area contributed by atoms with Crippen LogP contribution in [-0.4, -0.2) is 32.7 Å². The normalized spacial score (nSPS) is 15.2. The van der Waals surface area contributed by atoms with Gasteiger partial charge < -0.3 is 15.0 Å². The van der Waals surface area contributed by atoms with Crippen molar-refractivity contribution in [1.29, 1.82) is 0 Å². The molecule has 2 heterocycles. The first kappa shape index (κ1) is 10.8. The van der Waals surface area contributed by atoms with E-state index in [-0.39, 0.29) is 12.1 Å². The van der Waals surface area contributed by atoms with Crippen molar-refractivity contribution < 1.29 is 4.74 Å². The van der Waals surface area contributed by atoms with Crippen LogP contribution in [0.3, 0.4) is 0 Å². The summed E-state index contributed by atoms with van der Waals surface area (Å²) >= 11 is 0. The summed E-state index contributed by atoms with van der Waals surface area (Å²) < 4.78 is 7.24. The smallest absolute Gasteiger partial charge is 0.165 e. The zero-order valence-electron chi connectivity index (χ0n) is 9.58. The number of anilines is 1. The van der Waals surface area contributed by atoms with Gasteiger partial charge in [0.15, 0.2) is 11.5 Å². The van der Waals surface area contributed by atoms with Gasteiger partial charge in [-0.25, -0.2) is 15.0 Å². The summed E-state index contributed by atoms with van der Waals surface area (Å²) in [5, 5.41) is 0. The van der Waals surface area contributed by atoms with Gasteiger partial charge in [-0.05, 0) is 13.8 Å². The number of aromatic nitrogens is 4. The van der Waals surface area contributed by atoms with Gasteiger partial charge in [-0.2, -0.15) is 0 Å². The molecule has 86 valence electrons. The number of ether oxygens (including phenoxy) is 1. The van der Waals surface area contributed by atoms with Crippen molar-refractivity contribution in [1.82, 2.24) is 19.5 Å². The molecule has 0 saturated carbocycles. The minimum Gasteiger partial charge on any atom is -0.382 e. The molecule has 0 aromatic carbocycles. The van der Waals surface area contributed by atoms with E-state index in [9.17, 15) is 0 Å². The van der Waals surface area contributed by atoms with Crippen LogP contribution in [0.2, 0.25) is 0 Å².